The molecule has 1 fully saturated rings. The van der Waals surface area contributed by atoms with Crippen LogP contribution in [0.1, 0.15) is 37.3 Å². The fraction of sp³-hybridized carbons (Fsp3) is 0.600. The summed E-state index contributed by atoms with van der Waals surface area (Å²) in [5.41, 5.74) is 2.63. The Morgan fingerprint density at radius 1 is 1.44 bits per heavy atom. The standard InChI is InChI=1S/C15H20BrNO/c1-10(6-11-2-3-11)17-9-13-8-14(16)7-12-4-5-18-15(12)13/h7-8,10-11,17H,2-6,9H2,1H3. The molecule has 1 atom stereocenters. The van der Waals surface area contributed by atoms with E-state index in [1.165, 1.54) is 34.9 Å². The van der Waals surface area contributed by atoms with Crippen molar-refractivity contribution < 1.29 is 4.74 Å². The summed E-state index contributed by atoms with van der Waals surface area (Å²) in [5.74, 6) is 2.10. The first-order valence-electron chi connectivity index (χ1n) is 6.90. The lowest BCUT2D eigenvalue weighted by Crippen LogP contribution is -2.26. The summed E-state index contributed by atoms with van der Waals surface area (Å²) in [5, 5.41) is 3.63. The van der Waals surface area contributed by atoms with E-state index in [1.807, 2.05) is 0 Å². The molecule has 1 aromatic rings. The van der Waals surface area contributed by atoms with Gasteiger partial charge in [0.25, 0.3) is 0 Å². The average molecular weight is 310 g/mol. The highest BCUT2D eigenvalue weighted by Crippen LogP contribution is 2.34. The maximum absolute atomic E-state index is 5.75. The average Bonchev–Trinajstić information content (AvgIpc) is 3.01. The fourth-order valence-corrected chi connectivity index (χ4v) is 3.25. The zero-order valence-electron chi connectivity index (χ0n) is 10.8. The lowest BCUT2D eigenvalue weighted by Gasteiger charge is -2.15. The van der Waals surface area contributed by atoms with Crippen LogP contribution in [0, 0.1) is 5.92 Å². The van der Waals surface area contributed by atoms with E-state index in [4.69, 9.17) is 4.74 Å². The van der Waals surface area contributed by atoms with Crippen LogP contribution in [0.2, 0.25) is 0 Å². The van der Waals surface area contributed by atoms with E-state index < -0.39 is 0 Å². The van der Waals surface area contributed by atoms with Crippen molar-refractivity contribution in [3.05, 3.63) is 27.7 Å². The molecule has 0 radical (unpaired) electrons. The van der Waals surface area contributed by atoms with Crippen LogP contribution in [-0.4, -0.2) is 12.6 Å². The van der Waals surface area contributed by atoms with Crippen LogP contribution < -0.4 is 10.1 Å². The van der Waals surface area contributed by atoms with E-state index in [-0.39, 0.29) is 0 Å². The number of fused-ring (bicyclic) bond motifs is 1. The predicted octanol–water partition coefficient (Wildman–Crippen LogP) is 3.66. The lowest BCUT2D eigenvalue weighted by molar-refractivity contribution is 0.351. The zero-order valence-corrected chi connectivity index (χ0v) is 12.4. The summed E-state index contributed by atoms with van der Waals surface area (Å²) >= 11 is 3.59. The number of hydrogen-bond acceptors (Lipinski definition) is 2. The van der Waals surface area contributed by atoms with Gasteiger partial charge in [0.2, 0.25) is 0 Å². The summed E-state index contributed by atoms with van der Waals surface area (Å²) in [7, 11) is 0. The van der Waals surface area contributed by atoms with Gasteiger partial charge in [-0.1, -0.05) is 28.8 Å². The highest BCUT2D eigenvalue weighted by atomic mass is 79.9. The van der Waals surface area contributed by atoms with Crippen molar-refractivity contribution in [2.45, 2.75) is 45.2 Å². The molecule has 0 spiro atoms. The van der Waals surface area contributed by atoms with Crippen molar-refractivity contribution in [3.8, 4) is 5.75 Å². The van der Waals surface area contributed by atoms with Crippen LogP contribution >= 0.6 is 15.9 Å². The van der Waals surface area contributed by atoms with Crippen molar-refractivity contribution in [2.24, 2.45) is 5.92 Å². The van der Waals surface area contributed by atoms with Gasteiger partial charge in [-0.15, -0.1) is 0 Å². The molecule has 98 valence electrons. The van der Waals surface area contributed by atoms with Crippen molar-refractivity contribution in [3.63, 3.8) is 0 Å². The minimum absolute atomic E-state index is 0.605. The van der Waals surface area contributed by atoms with Gasteiger partial charge in [-0.3, -0.25) is 0 Å². The maximum Gasteiger partial charge on any atom is 0.127 e. The Hall–Kier alpha value is -0.540. The van der Waals surface area contributed by atoms with E-state index in [0.29, 0.717) is 6.04 Å². The molecule has 1 heterocycles. The molecule has 18 heavy (non-hydrogen) atoms. The van der Waals surface area contributed by atoms with Crippen LogP contribution in [0.15, 0.2) is 16.6 Å². The molecule has 2 aliphatic rings. The van der Waals surface area contributed by atoms with E-state index in [0.717, 1.165) is 31.2 Å². The number of rotatable bonds is 5. The van der Waals surface area contributed by atoms with E-state index >= 15 is 0 Å². The van der Waals surface area contributed by atoms with Crippen molar-refractivity contribution in [1.29, 1.82) is 0 Å². The molecular weight excluding hydrogens is 290 g/mol. The second-order valence-corrected chi connectivity index (χ2v) is 6.53. The zero-order chi connectivity index (χ0) is 12.5. The van der Waals surface area contributed by atoms with Crippen LogP contribution in [0.3, 0.4) is 0 Å². The third-order valence-electron chi connectivity index (χ3n) is 3.85. The van der Waals surface area contributed by atoms with Gasteiger partial charge in [0.1, 0.15) is 5.75 Å². The molecule has 3 rings (SSSR count). The molecule has 0 amide bonds. The van der Waals surface area contributed by atoms with Crippen LogP contribution in [0.5, 0.6) is 5.75 Å². The number of benzene rings is 1. The molecule has 1 N–H and O–H groups in total. The van der Waals surface area contributed by atoms with Gasteiger partial charge in [-0.25, -0.2) is 0 Å². The largest absolute Gasteiger partial charge is 0.493 e. The van der Waals surface area contributed by atoms with Gasteiger partial charge < -0.3 is 10.1 Å². The molecule has 0 saturated heterocycles. The summed E-state index contributed by atoms with van der Waals surface area (Å²) in [6.07, 6.45) is 5.22. The molecule has 3 heteroatoms. The summed E-state index contributed by atoms with van der Waals surface area (Å²) in [6.45, 7) is 4.03. The third-order valence-corrected chi connectivity index (χ3v) is 4.31. The van der Waals surface area contributed by atoms with Crippen LogP contribution in [0.4, 0.5) is 0 Å². The highest BCUT2D eigenvalue weighted by molar-refractivity contribution is 9.10. The van der Waals surface area contributed by atoms with Crippen molar-refractivity contribution >= 4 is 15.9 Å². The van der Waals surface area contributed by atoms with Gasteiger partial charge in [0, 0.05) is 29.0 Å². The Morgan fingerprint density at radius 2 is 2.28 bits per heavy atom. The third kappa shape index (κ3) is 2.89. The molecule has 1 aliphatic heterocycles. The molecule has 1 saturated carbocycles. The monoisotopic (exact) mass is 309 g/mol. The number of halogens is 1. The molecule has 1 aliphatic carbocycles. The smallest absolute Gasteiger partial charge is 0.127 e. The first-order valence-corrected chi connectivity index (χ1v) is 7.69. The van der Waals surface area contributed by atoms with Gasteiger partial charge in [-0.2, -0.15) is 0 Å². The molecule has 0 aromatic heterocycles. The normalized spacial score (nSPS) is 19.4. The van der Waals surface area contributed by atoms with Crippen molar-refractivity contribution in [1.82, 2.24) is 5.32 Å². The Morgan fingerprint density at radius 3 is 3.06 bits per heavy atom. The minimum Gasteiger partial charge on any atom is -0.493 e. The summed E-state index contributed by atoms with van der Waals surface area (Å²) in [4.78, 5) is 0. The summed E-state index contributed by atoms with van der Waals surface area (Å²) < 4.78 is 6.91. The lowest BCUT2D eigenvalue weighted by atomic mass is 10.1. The first-order chi connectivity index (χ1) is 8.72. The molecule has 0 bridgehead atoms. The van der Waals surface area contributed by atoms with E-state index in [9.17, 15) is 0 Å². The molecular formula is C15H20BrNO. The molecule has 1 aromatic carbocycles. The first kappa shape index (κ1) is 12.5. The Labute approximate surface area is 117 Å². The van der Waals surface area contributed by atoms with Crippen molar-refractivity contribution in [2.75, 3.05) is 6.61 Å². The summed E-state index contributed by atoms with van der Waals surface area (Å²) in [6, 6.07) is 4.97. The van der Waals surface area contributed by atoms with Gasteiger partial charge >= 0.3 is 0 Å². The topological polar surface area (TPSA) is 21.3 Å². The fourth-order valence-electron chi connectivity index (χ4n) is 2.70. The van der Waals surface area contributed by atoms with E-state index in [2.05, 4.69) is 40.3 Å². The Balaban J connectivity index is 1.64. The molecule has 2 nitrogen and oxygen atoms in total. The predicted molar refractivity (Wildman–Crippen MR) is 77.0 cm³/mol. The number of nitrogens with one attached hydrogen (secondary N) is 1. The molecule has 1 unspecified atom stereocenters. The van der Waals surface area contributed by atoms with Crippen LogP contribution in [-0.2, 0) is 13.0 Å². The maximum atomic E-state index is 5.75. The van der Waals surface area contributed by atoms with E-state index in [1.54, 1.807) is 0 Å². The van der Waals surface area contributed by atoms with Gasteiger partial charge in [-0.05, 0) is 37.0 Å². The Kier molecular flexibility index (Phi) is 3.62. The second-order valence-electron chi connectivity index (χ2n) is 5.61. The van der Waals surface area contributed by atoms with Crippen LogP contribution in [0.25, 0.3) is 0 Å². The van der Waals surface area contributed by atoms with Gasteiger partial charge in [0.15, 0.2) is 0 Å². The Bertz CT molecular complexity index is 442. The number of hydrogen-bond donors (Lipinski definition) is 1. The number of ether oxygens (including phenoxy) is 1. The van der Waals surface area contributed by atoms with Gasteiger partial charge in [0.05, 0.1) is 6.61 Å². The SMILES string of the molecule is CC(CC1CC1)NCc1cc(Br)cc2c1OCC2. The quantitative estimate of drug-likeness (QED) is 0.896. The highest BCUT2D eigenvalue weighted by Gasteiger charge is 2.24. The second kappa shape index (κ2) is 5.22. The minimum atomic E-state index is 0.605.